The maximum Gasteiger partial charge on any atom is 0.407 e. The predicted molar refractivity (Wildman–Crippen MR) is 63.8 cm³/mol. The van der Waals surface area contributed by atoms with Gasteiger partial charge in [0.15, 0.2) is 5.69 Å². The summed E-state index contributed by atoms with van der Waals surface area (Å²) in [5, 5.41) is 16.5. The van der Waals surface area contributed by atoms with E-state index >= 15 is 0 Å². The molecule has 1 aliphatic rings. The van der Waals surface area contributed by atoms with Crippen LogP contribution in [0.2, 0.25) is 0 Å². The molecule has 0 atom stereocenters. The molecule has 19 heavy (non-hydrogen) atoms. The first-order valence-corrected chi connectivity index (χ1v) is 6.18. The lowest BCUT2D eigenvalue weighted by atomic mass is 10.1. The maximum atomic E-state index is 11.5. The number of aromatic nitrogens is 3. The first-order valence-electron chi connectivity index (χ1n) is 6.18. The van der Waals surface area contributed by atoms with E-state index in [0.717, 1.165) is 0 Å². The number of amides is 1. The minimum atomic E-state index is -0.899. The van der Waals surface area contributed by atoms with Crippen LogP contribution in [0.5, 0.6) is 0 Å². The monoisotopic (exact) mass is 268 g/mol. The third-order valence-corrected chi connectivity index (χ3v) is 3.10. The van der Waals surface area contributed by atoms with E-state index in [1.165, 1.54) is 4.90 Å². The lowest BCUT2D eigenvalue weighted by molar-refractivity contribution is 0.0519. The van der Waals surface area contributed by atoms with E-state index in [0.29, 0.717) is 32.5 Å². The lowest BCUT2D eigenvalue weighted by Crippen LogP contribution is -2.38. The minimum absolute atomic E-state index is 0.0753. The average molecular weight is 268 g/mol. The molecule has 0 spiro atoms. The van der Waals surface area contributed by atoms with Crippen LogP contribution < -0.4 is 0 Å². The van der Waals surface area contributed by atoms with Crippen molar-refractivity contribution in [3.63, 3.8) is 0 Å². The molecule has 1 amide bonds. The Morgan fingerprint density at radius 2 is 2.16 bits per heavy atom. The smallest absolute Gasteiger partial charge is 0.407 e. The molecule has 0 unspecified atom stereocenters. The van der Waals surface area contributed by atoms with Crippen LogP contribution in [0, 0.1) is 0 Å². The Kier molecular flexibility index (Phi) is 3.98. The van der Waals surface area contributed by atoms with E-state index in [9.17, 15) is 9.59 Å². The van der Waals surface area contributed by atoms with Crippen molar-refractivity contribution in [3.05, 3.63) is 11.9 Å². The van der Waals surface area contributed by atoms with Crippen molar-refractivity contribution in [2.24, 2.45) is 0 Å². The van der Waals surface area contributed by atoms with Crippen LogP contribution in [0.3, 0.4) is 0 Å². The summed E-state index contributed by atoms with van der Waals surface area (Å²) in [6, 6.07) is 0.0753. The molecule has 0 bridgehead atoms. The normalized spacial score (nSPS) is 16.4. The summed E-state index contributed by atoms with van der Waals surface area (Å²) in [6.45, 7) is 2.95. The van der Waals surface area contributed by atoms with Crippen LogP contribution in [0.15, 0.2) is 6.20 Å². The first kappa shape index (κ1) is 13.3. The highest BCUT2D eigenvalue weighted by molar-refractivity contribution is 5.86. The van der Waals surface area contributed by atoms with Crippen LogP contribution in [0.25, 0.3) is 0 Å². The van der Waals surface area contributed by atoms with Gasteiger partial charge in [0.1, 0.15) is 0 Å². The summed E-state index contributed by atoms with van der Waals surface area (Å²) in [5.74, 6) is -0.489. The van der Waals surface area contributed by atoms with Crippen molar-refractivity contribution in [1.82, 2.24) is 19.9 Å². The molecular formula is C11H16N4O4. The fourth-order valence-electron chi connectivity index (χ4n) is 2.08. The number of carbonyl (C=O) groups excluding carboxylic acids is 1. The van der Waals surface area contributed by atoms with Crippen molar-refractivity contribution in [3.8, 4) is 0 Å². The Morgan fingerprint density at radius 3 is 2.74 bits per heavy atom. The SMILES string of the molecule is CCOC(=O)c1cn(C2CCN(C(=O)O)CC2)nn1. The van der Waals surface area contributed by atoms with Crippen molar-refractivity contribution in [2.45, 2.75) is 25.8 Å². The number of carboxylic acid groups (broad SMARTS) is 1. The molecule has 1 aliphatic heterocycles. The third kappa shape index (κ3) is 3.01. The fourth-order valence-corrected chi connectivity index (χ4v) is 2.08. The highest BCUT2D eigenvalue weighted by Gasteiger charge is 2.25. The summed E-state index contributed by atoms with van der Waals surface area (Å²) in [7, 11) is 0. The third-order valence-electron chi connectivity index (χ3n) is 3.10. The van der Waals surface area contributed by atoms with Gasteiger partial charge in [-0.2, -0.15) is 0 Å². The van der Waals surface area contributed by atoms with Crippen LogP contribution in [-0.4, -0.2) is 56.8 Å². The van der Waals surface area contributed by atoms with Gasteiger partial charge in [0.05, 0.1) is 18.8 Å². The zero-order valence-electron chi connectivity index (χ0n) is 10.7. The summed E-state index contributed by atoms with van der Waals surface area (Å²) >= 11 is 0. The van der Waals surface area contributed by atoms with E-state index in [2.05, 4.69) is 10.3 Å². The van der Waals surface area contributed by atoms with Gasteiger partial charge in [-0.05, 0) is 19.8 Å². The predicted octanol–water partition coefficient (Wildman–Crippen LogP) is 0.770. The van der Waals surface area contributed by atoms with Gasteiger partial charge in [0, 0.05) is 13.1 Å². The summed E-state index contributed by atoms with van der Waals surface area (Å²) in [6.07, 6.45) is 1.99. The molecule has 1 aromatic heterocycles. The molecule has 1 saturated heterocycles. The number of hydrogen-bond acceptors (Lipinski definition) is 5. The zero-order valence-corrected chi connectivity index (χ0v) is 10.7. The van der Waals surface area contributed by atoms with Gasteiger partial charge in [-0.25, -0.2) is 14.3 Å². The lowest BCUT2D eigenvalue weighted by Gasteiger charge is -2.29. The van der Waals surface area contributed by atoms with Crippen LogP contribution >= 0.6 is 0 Å². The summed E-state index contributed by atoms with van der Waals surface area (Å²) < 4.78 is 6.45. The molecule has 8 heteroatoms. The Hall–Kier alpha value is -2.12. The number of carbonyl (C=O) groups is 2. The second kappa shape index (κ2) is 5.68. The number of rotatable bonds is 3. The van der Waals surface area contributed by atoms with Gasteiger partial charge in [-0.3, -0.25) is 0 Å². The molecule has 0 aromatic carbocycles. The minimum Gasteiger partial charge on any atom is -0.465 e. The van der Waals surface area contributed by atoms with E-state index < -0.39 is 12.1 Å². The largest absolute Gasteiger partial charge is 0.465 e. The molecule has 2 rings (SSSR count). The quantitative estimate of drug-likeness (QED) is 0.813. The van der Waals surface area contributed by atoms with E-state index in [4.69, 9.17) is 9.84 Å². The number of piperidine rings is 1. The van der Waals surface area contributed by atoms with E-state index in [1.807, 2.05) is 0 Å². The van der Waals surface area contributed by atoms with Crippen molar-refractivity contribution >= 4 is 12.1 Å². The number of nitrogens with zero attached hydrogens (tertiary/aromatic N) is 4. The van der Waals surface area contributed by atoms with Gasteiger partial charge >= 0.3 is 12.1 Å². The molecule has 1 fully saturated rings. The number of hydrogen-bond donors (Lipinski definition) is 1. The number of esters is 1. The molecule has 1 N–H and O–H groups in total. The van der Waals surface area contributed by atoms with Gasteiger partial charge in [0.25, 0.3) is 0 Å². The average Bonchev–Trinajstić information content (AvgIpc) is 2.89. The molecule has 2 heterocycles. The fraction of sp³-hybridized carbons (Fsp3) is 0.636. The Labute approximate surface area is 109 Å². The van der Waals surface area contributed by atoms with Gasteiger partial charge in [-0.1, -0.05) is 5.21 Å². The van der Waals surface area contributed by atoms with Gasteiger partial charge < -0.3 is 14.7 Å². The molecule has 0 saturated carbocycles. The zero-order chi connectivity index (χ0) is 13.8. The van der Waals surface area contributed by atoms with Gasteiger partial charge in [-0.15, -0.1) is 5.10 Å². The highest BCUT2D eigenvalue weighted by Crippen LogP contribution is 2.21. The number of ether oxygens (including phenoxy) is 1. The Bertz CT molecular complexity index is 465. The van der Waals surface area contributed by atoms with Crippen molar-refractivity contribution in [1.29, 1.82) is 0 Å². The summed E-state index contributed by atoms with van der Waals surface area (Å²) in [5.41, 5.74) is 0.183. The molecule has 1 aromatic rings. The maximum absolute atomic E-state index is 11.5. The van der Waals surface area contributed by atoms with Crippen molar-refractivity contribution in [2.75, 3.05) is 19.7 Å². The first-order chi connectivity index (χ1) is 9.11. The second-order valence-corrected chi connectivity index (χ2v) is 4.31. The molecule has 8 nitrogen and oxygen atoms in total. The van der Waals surface area contributed by atoms with Crippen LogP contribution in [-0.2, 0) is 4.74 Å². The molecule has 104 valence electrons. The standard InChI is InChI=1S/C11H16N4O4/c1-2-19-10(16)9-7-15(13-12-9)8-3-5-14(6-4-8)11(17)18/h7-8H,2-6H2,1H3,(H,17,18). The van der Waals surface area contributed by atoms with E-state index in [-0.39, 0.29) is 11.7 Å². The van der Waals surface area contributed by atoms with E-state index in [1.54, 1.807) is 17.8 Å². The Morgan fingerprint density at radius 1 is 1.47 bits per heavy atom. The van der Waals surface area contributed by atoms with Crippen molar-refractivity contribution < 1.29 is 19.4 Å². The topological polar surface area (TPSA) is 97.5 Å². The van der Waals surface area contributed by atoms with Crippen LogP contribution in [0.1, 0.15) is 36.3 Å². The molecule has 0 radical (unpaired) electrons. The molecular weight excluding hydrogens is 252 g/mol. The second-order valence-electron chi connectivity index (χ2n) is 4.31. The van der Waals surface area contributed by atoms with Gasteiger partial charge in [0.2, 0.25) is 0 Å². The Balaban J connectivity index is 1.97. The highest BCUT2D eigenvalue weighted by atomic mass is 16.5. The summed E-state index contributed by atoms with van der Waals surface area (Å²) in [4.78, 5) is 23.6. The molecule has 0 aliphatic carbocycles. The van der Waals surface area contributed by atoms with Crippen LogP contribution in [0.4, 0.5) is 4.79 Å². The number of likely N-dealkylation sites (tertiary alicyclic amines) is 1.